The van der Waals surface area contributed by atoms with Gasteiger partial charge in [-0.15, -0.1) is 10.2 Å². The van der Waals surface area contributed by atoms with Crippen molar-refractivity contribution in [3.05, 3.63) is 5.82 Å². The molecule has 1 aromatic heterocycles. The first-order valence-corrected chi connectivity index (χ1v) is 8.79. The van der Waals surface area contributed by atoms with Crippen LogP contribution in [0.2, 0.25) is 0 Å². The van der Waals surface area contributed by atoms with Gasteiger partial charge in [0.05, 0.1) is 5.75 Å². The van der Waals surface area contributed by atoms with Gasteiger partial charge in [-0.3, -0.25) is 4.79 Å². The summed E-state index contributed by atoms with van der Waals surface area (Å²) in [4.78, 5) is 10.8. The van der Waals surface area contributed by atoms with Gasteiger partial charge in [0.25, 0.3) is 0 Å². The molecule has 1 aromatic rings. The van der Waals surface area contributed by atoms with Crippen LogP contribution in [0, 0.1) is 11.8 Å². The van der Waals surface area contributed by atoms with Crippen LogP contribution < -0.4 is 0 Å². The normalized spacial score (nSPS) is 26.0. The van der Waals surface area contributed by atoms with Gasteiger partial charge in [-0.05, 0) is 37.5 Å². The van der Waals surface area contributed by atoms with Crippen molar-refractivity contribution < 1.29 is 9.90 Å². The van der Waals surface area contributed by atoms with Gasteiger partial charge in [0.1, 0.15) is 5.82 Å². The van der Waals surface area contributed by atoms with Crippen molar-refractivity contribution in [1.82, 2.24) is 14.8 Å². The van der Waals surface area contributed by atoms with Crippen LogP contribution in [0.15, 0.2) is 5.16 Å². The minimum atomic E-state index is -0.808. The molecule has 3 atom stereocenters. The number of aromatic nitrogens is 3. The van der Waals surface area contributed by atoms with Crippen molar-refractivity contribution in [2.75, 3.05) is 5.75 Å². The molecule has 0 spiro atoms. The molecule has 0 bridgehead atoms. The Morgan fingerprint density at radius 3 is 2.71 bits per heavy atom. The lowest BCUT2D eigenvalue weighted by Gasteiger charge is -2.33. The molecule has 118 valence electrons. The summed E-state index contributed by atoms with van der Waals surface area (Å²) < 4.78 is 2.22. The minimum Gasteiger partial charge on any atom is -0.481 e. The molecular weight excluding hydrogens is 286 g/mol. The minimum absolute atomic E-state index is 0.0446. The Kier molecular flexibility index (Phi) is 5.67. The number of hydrogen-bond donors (Lipinski definition) is 1. The van der Waals surface area contributed by atoms with Gasteiger partial charge in [-0.1, -0.05) is 32.5 Å². The predicted octanol–water partition coefficient (Wildman–Crippen LogP) is 3.40. The van der Waals surface area contributed by atoms with Crippen LogP contribution in [0.1, 0.15) is 58.3 Å². The fraction of sp³-hybridized carbons (Fsp3) is 0.800. The standard InChI is InChI=1S/C15H25N3O2S/c1-4-5-13-16-17-15(21-9-14(19)20)18(13)12-7-6-10(2)11(3)8-12/h10-12H,4-9H2,1-3H3,(H,19,20). The maximum atomic E-state index is 10.8. The van der Waals surface area contributed by atoms with E-state index in [1.807, 2.05) is 0 Å². The summed E-state index contributed by atoms with van der Waals surface area (Å²) in [5, 5.41) is 18.2. The van der Waals surface area contributed by atoms with Gasteiger partial charge in [0.2, 0.25) is 0 Å². The topological polar surface area (TPSA) is 68.0 Å². The van der Waals surface area contributed by atoms with E-state index in [2.05, 4.69) is 35.5 Å². The number of thioether (sulfide) groups is 1. The van der Waals surface area contributed by atoms with Crippen LogP contribution in [0.25, 0.3) is 0 Å². The molecule has 0 aliphatic heterocycles. The smallest absolute Gasteiger partial charge is 0.313 e. The molecule has 0 saturated heterocycles. The molecule has 21 heavy (non-hydrogen) atoms. The third kappa shape index (κ3) is 3.99. The molecule has 5 nitrogen and oxygen atoms in total. The molecule has 0 aromatic carbocycles. The molecular formula is C15H25N3O2S. The zero-order valence-electron chi connectivity index (χ0n) is 13.1. The lowest BCUT2D eigenvalue weighted by Crippen LogP contribution is -2.25. The largest absolute Gasteiger partial charge is 0.481 e. The van der Waals surface area contributed by atoms with E-state index in [0.717, 1.165) is 42.6 Å². The Morgan fingerprint density at radius 2 is 2.10 bits per heavy atom. The molecule has 1 heterocycles. The summed E-state index contributed by atoms with van der Waals surface area (Å²) in [6.07, 6.45) is 5.43. The molecule has 6 heteroatoms. The van der Waals surface area contributed by atoms with Crippen LogP contribution in [0.5, 0.6) is 0 Å². The van der Waals surface area contributed by atoms with Crippen molar-refractivity contribution in [3.8, 4) is 0 Å². The molecule has 0 amide bonds. The second-order valence-electron chi connectivity index (χ2n) is 6.12. The van der Waals surface area contributed by atoms with E-state index in [1.165, 1.54) is 18.2 Å². The van der Waals surface area contributed by atoms with Crippen LogP contribution in [0.3, 0.4) is 0 Å². The van der Waals surface area contributed by atoms with Gasteiger partial charge >= 0.3 is 5.97 Å². The Balaban J connectivity index is 2.21. The predicted molar refractivity (Wildman–Crippen MR) is 83.6 cm³/mol. The molecule has 3 unspecified atom stereocenters. The van der Waals surface area contributed by atoms with Crippen molar-refractivity contribution >= 4 is 17.7 Å². The van der Waals surface area contributed by atoms with Crippen molar-refractivity contribution in [2.24, 2.45) is 11.8 Å². The Labute approximate surface area is 130 Å². The van der Waals surface area contributed by atoms with Crippen molar-refractivity contribution in [2.45, 2.75) is 64.1 Å². The first-order chi connectivity index (χ1) is 10.0. The lowest BCUT2D eigenvalue weighted by molar-refractivity contribution is -0.133. The van der Waals surface area contributed by atoms with Crippen LogP contribution in [-0.4, -0.2) is 31.6 Å². The van der Waals surface area contributed by atoms with Crippen molar-refractivity contribution in [3.63, 3.8) is 0 Å². The number of carboxylic acids is 1. The van der Waals surface area contributed by atoms with E-state index in [0.29, 0.717) is 12.0 Å². The lowest BCUT2D eigenvalue weighted by atomic mass is 9.79. The zero-order valence-corrected chi connectivity index (χ0v) is 13.9. The number of carboxylic acid groups (broad SMARTS) is 1. The maximum Gasteiger partial charge on any atom is 0.313 e. The number of aryl methyl sites for hydroxylation is 1. The summed E-state index contributed by atoms with van der Waals surface area (Å²) in [6, 6.07) is 0.420. The first-order valence-electron chi connectivity index (χ1n) is 7.81. The van der Waals surface area contributed by atoms with E-state index in [4.69, 9.17) is 5.11 Å². The summed E-state index contributed by atoms with van der Waals surface area (Å²) in [5.41, 5.74) is 0. The van der Waals surface area contributed by atoms with E-state index in [9.17, 15) is 4.79 Å². The highest BCUT2D eigenvalue weighted by Crippen LogP contribution is 2.38. The summed E-state index contributed by atoms with van der Waals surface area (Å²) in [6.45, 7) is 6.76. The van der Waals surface area contributed by atoms with Gasteiger partial charge < -0.3 is 9.67 Å². The van der Waals surface area contributed by atoms with E-state index in [-0.39, 0.29) is 5.75 Å². The van der Waals surface area contributed by atoms with E-state index >= 15 is 0 Å². The fourth-order valence-electron chi connectivity index (χ4n) is 3.05. The van der Waals surface area contributed by atoms with Crippen LogP contribution >= 0.6 is 11.8 Å². The van der Waals surface area contributed by atoms with Gasteiger partial charge in [0.15, 0.2) is 5.16 Å². The summed E-state index contributed by atoms with van der Waals surface area (Å²) in [5.74, 6) is 1.71. The molecule has 0 radical (unpaired) electrons. The first kappa shape index (κ1) is 16.3. The number of aliphatic carboxylic acids is 1. The highest BCUT2D eigenvalue weighted by Gasteiger charge is 2.29. The molecule has 1 N–H and O–H groups in total. The molecule has 1 saturated carbocycles. The summed E-state index contributed by atoms with van der Waals surface area (Å²) in [7, 11) is 0. The second-order valence-corrected chi connectivity index (χ2v) is 7.07. The van der Waals surface area contributed by atoms with E-state index in [1.54, 1.807) is 0 Å². The number of carbonyl (C=O) groups is 1. The average Bonchev–Trinajstić information content (AvgIpc) is 2.83. The molecule has 1 aliphatic carbocycles. The highest BCUT2D eigenvalue weighted by molar-refractivity contribution is 7.99. The Bertz CT molecular complexity index is 489. The fourth-order valence-corrected chi connectivity index (χ4v) is 3.79. The van der Waals surface area contributed by atoms with Gasteiger partial charge in [-0.25, -0.2) is 0 Å². The van der Waals surface area contributed by atoms with Crippen LogP contribution in [0.4, 0.5) is 0 Å². The zero-order chi connectivity index (χ0) is 15.4. The van der Waals surface area contributed by atoms with Crippen LogP contribution in [-0.2, 0) is 11.2 Å². The molecule has 2 rings (SSSR count). The average molecular weight is 311 g/mol. The second kappa shape index (κ2) is 7.29. The Hall–Kier alpha value is -1.04. The molecule has 1 aliphatic rings. The Morgan fingerprint density at radius 1 is 1.33 bits per heavy atom. The monoisotopic (exact) mass is 311 g/mol. The number of hydrogen-bond acceptors (Lipinski definition) is 4. The SMILES string of the molecule is CCCc1nnc(SCC(=O)O)n1C1CCC(C)C(C)C1. The summed E-state index contributed by atoms with van der Waals surface area (Å²) >= 11 is 1.29. The maximum absolute atomic E-state index is 10.8. The third-order valence-corrected chi connectivity index (χ3v) is 5.40. The third-order valence-electron chi connectivity index (χ3n) is 4.47. The molecule has 1 fully saturated rings. The quantitative estimate of drug-likeness (QED) is 0.815. The van der Waals surface area contributed by atoms with Gasteiger partial charge in [-0.2, -0.15) is 0 Å². The number of nitrogens with zero attached hydrogens (tertiary/aromatic N) is 3. The number of rotatable bonds is 6. The highest BCUT2D eigenvalue weighted by atomic mass is 32.2. The van der Waals surface area contributed by atoms with E-state index < -0.39 is 5.97 Å². The van der Waals surface area contributed by atoms with Gasteiger partial charge in [0, 0.05) is 12.5 Å². The van der Waals surface area contributed by atoms with Crippen molar-refractivity contribution in [1.29, 1.82) is 0 Å².